The van der Waals surface area contributed by atoms with Crippen LogP contribution in [0, 0.1) is 0 Å². The predicted molar refractivity (Wildman–Crippen MR) is 52.3 cm³/mol. The third-order valence-corrected chi connectivity index (χ3v) is 4.02. The van der Waals surface area contributed by atoms with Crippen molar-refractivity contribution >= 4 is 22.8 Å². The van der Waals surface area contributed by atoms with E-state index in [0.29, 0.717) is 0 Å². The molecule has 3 rings (SSSR count). The van der Waals surface area contributed by atoms with Crippen LogP contribution >= 0.6 is 11.3 Å². The highest BCUT2D eigenvalue weighted by molar-refractivity contribution is 7.22. The Morgan fingerprint density at radius 2 is 2.08 bits per heavy atom. The van der Waals surface area contributed by atoms with Gasteiger partial charge in [-0.05, 0) is 10.2 Å². The lowest BCUT2D eigenvalue weighted by Crippen LogP contribution is -3.21. The molecule has 2 aliphatic rings. The van der Waals surface area contributed by atoms with E-state index < -0.39 is 6.69 Å². The Kier molecular flexibility index (Phi) is 1.73. The number of rotatable bonds is 1. The molecule has 0 unspecified atom stereocenters. The topological polar surface area (TPSA) is 22.9 Å². The molecule has 0 aliphatic carbocycles. The first kappa shape index (κ1) is 7.99. The Hall–Kier alpha value is -0.355. The number of quaternary nitrogens is 1. The van der Waals surface area contributed by atoms with Crippen LogP contribution in [0.4, 0.5) is 0 Å². The largest absolute Gasteiger partial charge is 0.510 e. The fourth-order valence-corrected chi connectivity index (χ4v) is 3.33. The number of fused-ring (bicyclic) bond motifs is 1. The number of nitrogens with one attached hydrogen (secondary N) is 1. The van der Waals surface area contributed by atoms with Gasteiger partial charge in [-0.3, -0.25) is 0 Å². The molecule has 3 heterocycles. The van der Waals surface area contributed by atoms with Gasteiger partial charge in [-0.15, -0.1) is 0 Å². The second-order valence-corrected chi connectivity index (χ2v) is 4.61. The van der Waals surface area contributed by atoms with E-state index in [0.717, 1.165) is 26.3 Å². The molecule has 2 aliphatic heterocycles. The summed E-state index contributed by atoms with van der Waals surface area (Å²) in [7, 11) is 0. The van der Waals surface area contributed by atoms with Gasteiger partial charge < -0.3 is 14.1 Å². The fourth-order valence-electron chi connectivity index (χ4n) is 2.37. The van der Waals surface area contributed by atoms with Gasteiger partial charge in [0.2, 0.25) is 0 Å². The number of thiophene rings is 1. The summed E-state index contributed by atoms with van der Waals surface area (Å²) in [6.07, 6.45) is 0. The van der Waals surface area contributed by atoms with Gasteiger partial charge >= 0.3 is 6.69 Å². The minimum absolute atomic E-state index is 0.841. The van der Waals surface area contributed by atoms with Gasteiger partial charge in [0.05, 0.1) is 26.3 Å². The van der Waals surface area contributed by atoms with Crippen LogP contribution in [0.25, 0.3) is 0 Å². The number of hydrogen-bond acceptors (Lipinski definition) is 3. The van der Waals surface area contributed by atoms with Crippen LogP contribution in [-0.4, -0.2) is 33.0 Å². The third-order valence-electron chi connectivity index (χ3n) is 3.01. The maximum absolute atomic E-state index is 5.82. The Balaban J connectivity index is 2.03. The van der Waals surface area contributed by atoms with Crippen LogP contribution < -0.4 is 9.59 Å². The summed E-state index contributed by atoms with van der Waals surface area (Å²) in [5.41, 5.74) is 0. The van der Waals surface area contributed by atoms with Crippen molar-refractivity contribution in [3.8, 4) is 0 Å². The highest BCUT2D eigenvalue weighted by Crippen LogP contribution is 2.11. The van der Waals surface area contributed by atoms with Gasteiger partial charge in [0, 0.05) is 0 Å². The average Bonchev–Trinajstić information content (AvgIpc) is 2.79. The molecule has 0 atom stereocenters. The molecular formula is C8H12BNO2S. The fraction of sp³-hybridized carbons (Fsp3) is 0.500. The molecule has 13 heavy (non-hydrogen) atoms. The SMILES string of the molecule is c1csc([B-]23OCC[NH+]2CCO3)c1. The highest BCUT2D eigenvalue weighted by Gasteiger charge is 2.51. The van der Waals surface area contributed by atoms with E-state index in [1.165, 1.54) is 9.59 Å². The van der Waals surface area contributed by atoms with Crippen molar-refractivity contribution in [1.82, 2.24) is 0 Å². The van der Waals surface area contributed by atoms with E-state index in [2.05, 4.69) is 17.5 Å². The average molecular weight is 197 g/mol. The zero-order valence-corrected chi connectivity index (χ0v) is 8.18. The van der Waals surface area contributed by atoms with Gasteiger partial charge in [0.15, 0.2) is 0 Å². The molecule has 0 radical (unpaired) electrons. The normalized spacial score (nSPS) is 38.0. The van der Waals surface area contributed by atoms with Crippen molar-refractivity contribution in [3.05, 3.63) is 17.5 Å². The zero-order valence-electron chi connectivity index (χ0n) is 7.36. The maximum Gasteiger partial charge on any atom is 0.510 e. The summed E-state index contributed by atoms with van der Waals surface area (Å²) >= 11 is 1.74. The van der Waals surface area contributed by atoms with Crippen molar-refractivity contribution in [1.29, 1.82) is 0 Å². The second-order valence-electron chi connectivity index (χ2n) is 3.63. The molecular weight excluding hydrogens is 185 g/mol. The lowest BCUT2D eigenvalue weighted by Gasteiger charge is -2.29. The summed E-state index contributed by atoms with van der Waals surface area (Å²) in [6.45, 7) is 2.74. The minimum atomic E-state index is -1.13. The van der Waals surface area contributed by atoms with Crippen LogP contribution in [0.1, 0.15) is 0 Å². The van der Waals surface area contributed by atoms with E-state index in [-0.39, 0.29) is 0 Å². The molecule has 1 aromatic rings. The van der Waals surface area contributed by atoms with Crippen LogP contribution in [0.5, 0.6) is 0 Å². The molecule has 0 aromatic carbocycles. The molecule has 1 N–H and O–H groups in total. The molecule has 2 saturated heterocycles. The Bertz CT molecular complexity index is 293. The quantitative estimate of drug-likeness (QED) is 0.574. The van der Waals surface area contributed by atoms with E-state index >= 15 is 0 Å². The summed E-state index contributed by atoms with van der Waals surface area (Å²) in [5, 5.41) is 2.09. The van der Waals surface area contributed by atoms with Crippen LogP contribution in [0.3, 0.4) is 0 Å². The molecule has 0 saturated carbocycles. The van der Waals surface area contributed by atoms with E-state index in [1.807, 2.05) is 0 Å². The van der Waals surface area contributed by atoms with Crippen molar-refractivity contribution in [2.75, 3.05) is 26.3 Å². The summed E-state index contributed by atoms with van der Waals surface area (Å²) in [5.74, 6) is 0. The first-order valence-corrected chi connectivity index (χ1v) is 5.61. The van der Waals surface area contributed by atoms with Gasteiger partial charge in [-0.25, -0.2) is 0 Å². The monoisotopic (exact) mass is 197 g/mol. The Morgan fingerprint density at radius 1 is 1.31 bits per heavy atom. The third kappa shape index (κ3) is 1.02. The molecule has 2 fully saturated rings. The summed E-state index contributed by atoms with van der Waals surface area (Å²) in [6, 6.07) is 4.19. The molecule has 0 bridgehead atoms. The van der Waals surface area contributed by atoms with Gasteiger partial charge in [0.25, 0.3) is 0 Å². The summed E-state index contributed by atoms with van der Waals surface area (Å²) < 4.78 is 12.9. The smallest absolute Gasteiger partial charge is 0.505 e. The van der Waals surface area contributed by atoms with Crippen LogP contribution in [0.2, 0.25) is 0 Å². The van der Waals surface area contributed by atoms with Crippen molar-refractivity contribution in [2.45, 2.75) is 0 Å². The first-order chi connectivity index (χ1) is 6.42. The second kappa shape index (κ2) is 2.82. The minimum Gasteiger partial charge on any atom is -0.505 e. The first-order valence-electron chi connectivity index (χ1n) is 4.73. The Labute approximate surface area is 81.3 Å². The lowest BCUT2D eigenvalue weighted by atomic mass is 9.69. The van der Waals surface area contributed by atoms with Crippen molar-refractivity contribution < 1.29 is 14.1 Å². The van der Waals surface area contributed by atoms with Crippen LogP contribution in [0.15, 0.2) is 17.5 Å². The van der Waals surface area contributed by atoms with E-state index in [1.54, 1.807) is 11.3 Å². The highest BCUT2D eigenvalue weighted by atomic mass is 32.1. The molecule has 3 nitrogen and oxygen atoms in total. The standard InChI is InChI=1S/C8H12BNO2S/c1-2-8(13-7-1)9-10(3-5-11-9)4-6-12-9/h1-2,7,10H,3-6H2. The predicted octanol–water partition coefficient (Wildman–Crippen LogP) is -1.16. The number of hydrogen-bond donors (Lipinski definition) is 1. The molecule has 0 spiro atoms. The molecule has 70 valence electrons. The Morgan fingerprint density at radius 3 is 2.69 bits per heavy atom. The molecule has 5 heteroatoms. The zero-order chi connectivity index (χ0) is 8.73. The van der Waals surface area contributed by atoms with Crippen molar-refractivity contribution in [3.63, 3.8) is 0 Å². The van der Waals surface area contributed by atoms with Gasteiger partial charge in [-0.1, -0.05) is 12.1 Å². The maximum atomic E-state index is 5.82. The lowest BCUT2D eigenvalue weighted by molar-refractivity contribution is -0.781. The molecule has 1 aromatic heterocycles. The van der Waals surface area contributed by atoms with E-state index in [9.17, 15) is 0 Å². The molecule has 0 amide bonds. The van der Waals surface area contributed by atoms with Gasteiger partial charge in [0.1, 0.15) is 0 Å². The van der Waals surface area contributed by atoms with Gasteiger partial charge in [-0.2, -0.15) is 11.3 Å². The summed E-state index contributed by atoms with van der Waals surface area (Å²) in [4.78, 5) is 1.49. The van der Waals surface area contributed by atoms with Crippen LogP contribution in [-0.2, 0) is 9.31 Å². The van der Waals surface area contributed by atoms with E-state index in [4.69, 9.17) is 9.31 Å². The van der Waals surface area contributed by atoms with Crippen molar-refractivity contribution in [2.24, 2.45) is 0 Å².